The van der Waals surface area contributed by atoms with Crippen LogP contribution < -0.4 is 0 Å². The fourth-order valence-electron chi connectivity index (χ4n) is 1.45. The van der Waals surface area contributed by atoms with Crippen molar-refractivity contribution in [2.75, 3.05) is 13.6 Å². The minimum atomic E-state index is -0.516. The Morgan fingerprint density at radius 1 is 1.56 bits per heavy atom. The fourth-order valence-corrected chi connectivity index (χ4v) is 1.54. The number of benzene rings is 1. The number of carbonyl (C=O) groups is 1. The molecular formula is C12H15ClN2O3. The number of carbonyl (C=O) groups excluding carboxylic acids is 1. The van der Waals surface area contributed by atoms with E-state index in [1.54, 1.807) is 13.1 Å². The van der Waals surface area contributed by atoms with Crippen molar-refractivity contribution in [3.63, 3.8) is 0 Å². The summed E-state index contributed by atoms with van der Waals surface area (Å²) in [6, 6.07) is 5.71. The van der Waals surface area contributed by atoms with Crippen molar-refractivity contribution in [3.8, 4) is 0 Å². The van der Waals surface area contributed by atoms with Gasteiger partial charge >= 0.3 is 0 Å². The molecule has 0 aliphatic heterocycles. The minimum absolute atomic E-state index is 0.00893. The first-order valence-electron chi connectivity index (χ1n) is 5.56. The van der Waals surface area contributed by atoms with Crippen molar-refractivity contribution >= 4 is 23.2 Å². The highest BCUT2D eigenvalue weighted by atomic mass is 35.5. The van der Waals surface area contributed by atoms with Crippen LogP contribution >= 0.6 is 11.6 Å². The van der Waals surface area contributed by atoms with Gasteiger partial charge in [0.05, 0.1) is 4.92 Å². The number of alkyl halides is 1. The fraction of sp³-hybridized carbons (Fsp3) is 0.417. The number of non-ortho nitro benzene ring substituents is 1. The summed E-state index contributed by atoms with van der Waals surface area (Å²) in [4.78, 5) is 23.6. The predicted octanol–water partition coefficient (Wildman–Crippen LogP) is 2.68. The second-order valence-corrected chi connectivity index (χ2v) is 4.85. The van der Waals surface area contributed by atoms with Crippen LogP contribution in [0.3, 0.4) is 0 Å². The Bertz CT molecular complexity index is 449. The third kappa shape index (κ3) is 4.00. The molecule has 0 saturated heterocycles. The Kier molecular flexibility index (Phi) is 5.09. The molecule has 1 unspecified atom stereocenters. The quantitative estimate of drug-likeness (QED) is 0.469. The van der Waals surface area contributed by atoms with Gasteiger partial charge in [-0.2, -0.15) is 0 Å². The highest BCUT2D eigenvalue weighted by Gasteiger charge is 2.15. The van der Waals surface area contributed by atoms with E-state index in [-0.39, 0.29) is 17.0 Å². The zero-order valence-corrected chi connectivity index (χ0v) is 11.1. The number of halogens is 1. The molecule has 1 amide bonds. The Morgan fingerprint density at radius 2 is 2.22 bits per heavy atom. The summed E-state index contributed by atoms with van der Waals surface area (Å²) in [5.41, 5.74) is 0.230. The van der Waals surface area contributed by atoms with Crippen molar-refractivity contribution in [2.45, 2.75) is 18.7 Å². The van der Waals surface area contributed by atoms with Crippen molar-refractivity contribution in [1.29, 1.82) is 0 Å². The molecule has 98 valence electrons. The summed E-state index contributed by atoms with van der Waals surface area (Å²) in [7, 11) is 1.65. The van der Waals surface area contributed by atoms with Gasteiger partial charge in [0.25, 0.3) is 11.6 Å². The van der Waals surface area contributed by atoms with Crippen LogP contribution in [0.15, 0.2) is 24.3 Å². The molecule has 1 atom stereocenters. The first-order valence-corrected chi connectivity index (χ1v) is 5.99. The average molecular weight is 271 g/mol. The van der Waals surface area contributed by atoms with Crippen LogP contribution in [0.25, 0.3) is 0 Å². The molecular weight excluding hydrogens is 256 g/mol. The molecule has 1 aromatic rings. The summed E-state index contributed by atoms with van der Waals surface area (Å²) in [6.45, 7) is 2.37. The first kappa shape index (κ1) is 14.4. The van der Waals surface area contributed by atoms with Gasteiger partial charge in [-0.1, -0.05) is 6.07 Å². The summed E-state index contributed by atoms with van der Waals surface area (Å²) in [5.74, 6) is -0.240. The van der Waals surface area contributed by atoms with Gasteiger partial charge < -0.3 is 4.90 Å². The lowest BCUT2D eigenvalue weighted by Gasteiger charge is -2.17. The van der Waals surface area contributed by atoms with Crippen molar-refractivity contribution in [1.82, 2.24) is 4.90 Å². The van der Waals surface area contributed by atoms with E-state index in [1.165, 1.54) is 23.1 Å². The van der Waals surface area contributed by atoms with Crippen molar-refractivity contribution < 1.29 is 9.72 Å². The molecule has 0 aliphatic carbocycles. The monoisotopic (exact) mass is 270 g/mol. The molecule has 1 rings (SSSR count). The molecule has 0 fully saturated rings. The van der Waals surface area contributed by atoms with E-state index in [2.05, 4.69) is 0 Å². The van der Waals surface area contributed by atoms with Crippen LogP contribution in [0, 0.1) is 10.1 Å². The topological polar surface area (TPSA) is 63.5 Å². The van der Waals surface area contributed by atoms with Gasteiger partial charge in [0.15, 0.2) is 0 Å². The molecule has 0 heterocycles. The lowest BCUT2D eigenvalue weighted by Crippen LogP contribution is -2.28. The van der Waals surface area contributed by atoms with Gasteiger partial charge in [-0.05, 0) is 19.4 Å². The Balaban J connectivity index is 2.77. The molecule has 18 heavy (non-hydrogen) atoms. The van der Waals surface area contributed by atoms with E-state index in [9.17, 15) is 14.9 Å². The van der Waals surface area contributed by atoms with Gasteiger partial charge in [-0.25, -0.2) is 0 Å². The Morgan fingerprint density at radius 3 is 2.78 bits per heavy atom. The number of nitro groups is 1. The van der Waals surface area contributed by atoms with Gasteiger partial charge in [-0.3, -0.25) is 14.9 Å². The maximum atomic E-state index is 12.0. The summed E-state index contributed by atoms with van der Waals surface area (Å²) >= 11 is 5.81. The molecule has 0 saturated carbocycles. The van der Waals surface area contributed by atoms with E-state index in [4.69, 9.17) is 11.6 Å². The van der Waals surface area contributed by atoms with Gasteiger partial charge in [0.1, 0.15) is 0 Å². The number of amides is 1. The minimum Gasteiger partial charge on any atom is -0.342 e. The molecule has 0 radical (unpaired) electrons. The van der Waals surface area contributed by atoms with Crippen LogP contribution in [0.5, 0.6) is 0 Å². The van der Waals surface area contributed by atoms with E-state index in [0.717, 1.165) is 0 Å². The number of hydrogen-bond acceptors (Lipinski definition) is 3. The Labute approximate surface area is 110 Å². The van der Waals surface area contributed by atoms with Crippen LogP contribution in [-0.4, -0.2) is 34.7 Å². The van der Waals surface area contributed by atoms with Crippen LogP contribution in [0.2, 0.25) is 0 Å². The van der Waals surface area contributed by atoms with Gasteiger partial charge in [0.2, 0.25) is 0 Å². The van der Waals surface area contributed by atoms with Crippen molar-refractivity contribution in [3.05, 3.63) is 39.9 Å². The summed E-state index contributed by atoms with van der Waals surface area (Å²) < 4.78 is 0. The second kappa shape index (κ2) is 6.35. The lowest BCUT2D eigenvalue weighted by atomic mass is 10.1. The average Bonchev–Trinajstić information content (AvgIpc) is 2.35. The molecule has 6 heteroatoms. The van der Waals surface area contributed by atoms with Crippen molar-refractivity contribution in [2.24, 2.45) is 0 Å². The third-order valence-electron chi connectivity index (χ3n) is 2.51. The van der Waals surface area contributed by atoms with E-state index in [1.807, 2.05) is 6.92 Å². The third-order valence-corrected chi connectivity index (χ3v) is 2.73. The van der Waals surface area contributed by atoms with E-state index < -0.39 is 4.92 Å². The molecule has 5 nitrogen and oxygen atoms in total. The smallest absolute Gasteiger partial charge is 0.270 e. The SMILES string of the molecule is CC(Cl)CCN(C)C(=O)c1cccc([N+](=O)[O-])c1. The summed E-state index contributed by atoms with van der Waals surface area (Å²) in [6.07, 6.45) is 0.679. The standard InChI is InChI=1S/C12H15ClN2O3/c1-9(13)6-7-14(2)12(16)10-4-3-5-11(8-10)15(17)18/h3-5,8-9H,6-7H2,1-2H3. The van der Waals surface area contributed by atoms with Crippen LogP contribution in [0.1, 0.15) is 23.7 Å². The first-order chi connectivity index (χ1) is 8.41. The highest BCUT2D eigenvalue weighted by molar-refractivity contribution is 6.20. The van der Waals surface area contributed by atoms with E-state index >= 15 is 0 Å². The summed E-state index contributed by atoms with van der Waals surface area (Å²) in [5, 5.41) is 10.6. The normalized spacial score (nSPS) is 11.9. The predicted molar refractivity (Wildman–Crippen MR) is 70.0 cm³/mol. The molecule has 1 aromatic carbocycles. The lowest BCUT2D eigenvalue weighted by molar-refractivity contribution is -0.384. The number of nitro benzene ring substituents is 1. The maximum Gasteiger partial charge on any atom is 0.270 e. The highest BCUT2D eigenvalue weighted by Crippen LogP contribution is 2.14. The molecule has 0 N–H and O–H groups in total. The van der Waals surface area contributed by atoms with Gasteiger partial charge in [-0.15, -0.1) is 11.6 Å². The number of nitrogens with zero attached hydrogens (tertiary/aromatic N) is 2. The van der Waals surface area contributed by atoms with Gasteiger partial charge in [0, 0.05) is 36.7 Å². The molecule has 0 aliphatic rings. The van der Waals surface area contributed by atoms with Crippen LogP contribution in [-0.2, 0) is 0 Å². The molecule has 0 aromatic heterocycles. The largest absolute Gasteiger partial charge is 0.342 e. The van der Waals surface area contributed by atoms with E-state index in [0.29, 0.717) is 18.5 Å². The number of hydrogen-bond donors (Lipinski definition) is 0. The second-order valence-electron chi connectivity index (χ2n) is 4.10. The number of rotatable bonds is 5. The molecule has 0 spiro atoms. The Hall–Kier alpha value is -1.62. The van der Waals surface area contributed by atoms with Crippen LogP contribution in [0.4, 0.5) is 5.69 Å². The zero-order valence-electron chi connectivity index (χ0n) is 10.3. The molecule has 0 bridgehead atoms. The maximum absolute atomic E-state index is 12.0. The zero-order chi connectivity index (χ0) is 13.7.